The van der Waals surface area contributed by atoms with Crippen LogP contribution < -0.4 is 9.47 Å². The van der Waals surface area contributed by atoms with E-state index in [2.05, 4.69) is 9.47 Å². The van der Waals surface area contributed by atoms with E-state index in [1.54, 1.807) is 24.3 Å². The third-order valence-electron chi connectivity index (χ3n) is 8.82. The van der Waals surface area contributed by atoms with Crippen LogP contribution in [0.25, 0.3) is 11.0 Å². The van der Waals surface area contributed by atoms with E-state index in [0.29, 0.717) is 53.6 Å². The first-order valence-electron chi connectivity index (χ1n) is 14.3. The maximum absolute atomic E-state index is 14.3. The summed E-state index contributed by atoms with van der Waals surface area (Å²) in [6, 6.07) is 15.2. The number of methoxy groups -OCH3 is 1. The van der Waals surface area contributed by atoms with Crippen molar-refractivity contribution in [2.75, 3.05) is 26.8 Å². The van der Waals surface area contributed by atoms with Crippen molar-refractivity contribution in [3.63, 3.8) is 0 Å². The van der Waals surface area contributed by atoms with Crippen LogP contribution in [0.4, 0.5) is 4.39 Å². The molecule has 1 unspecified atom stereocenters. The predicted molar refractivity (Wildman–Crippen MR) is 152 cm³/mol. The standard InChI is InChI=1S/C32H30FN5O5/c1-41-27-11-20(32(39)40)10-26-31(27)36-28(38(26)13-21-7-8-42-21)16-37-14-22-23(15-37)30(22)25-3-2-4-29(35-25)43-17-19-6-5-18(12-34)9-24(19)33/h2-6,9-11,21-23,30H,7-8,13-17H2,1H3,(H,39,40)/t21-,22-,23+,30?/m0/s1. The quantitative estimate of drug-likeness (QED) is 0.290. The molecule has 3 aliphatic rings. The van der Waals surface area contributed by atoms with Crippen molar-refractivity contribution in [1.29, 1.82) is 5.26 Å². The fourth-order valence-electron chi connectivity index (χ4n) is 6.44. The number of hydrogen-bond donors (Lipinski definition) is 1. The van der Waals surface area contributed by atoms with E-state index in [1.165, 1.54) is 19.2 Å². The number of aromatic nitrogens is 3. The van der Waals surface area contributed by atoms with E-state index in [9.17, 15) is 14.3 Å². The Hall–Kier alpha value is -4.53. The zero-order valence-electron chi connectivity index (χ0n) is 23.6. The minimum Gasteiger partial charge on any atom is -0.494 e. The number of benzene rings is 2. The third kappa shape index (κ3) is 5.17. The highest BCUT2D eigenvalue weighted by Gasteiger charge is 2.57. The molecular weight excluding hydrogens is 553 g/mol. The van der Waals surface area contributed by atoms with Crippen molar-refractivity contribution in [2.24, 2.45) is 11.8 Å². The molecule has 0 spiro atoms. The molecule has 0 radical (unpaired) electrons. The third-order valence-corrected chi connectivity index (χ3v) is 8.82. The number of hydrogen-bond acceptors (Lipinski definition) is 8. The molecule has 4 aromatic rings. The number of halogens is 1. The molecule has 3 fully saturated rings. The summed E-state index contributed by atoms with van der Waals surface area (Å²) < 4.78 is 33.4. The molecule has 1 aliphatic carbocycles. The van der Waals surface area contributed by atoms with Crippen molar-refractivity contribution in [3.05, 3.63) is 82.6 Å². The van der Waals surface area contributed by atoms with E-state index < -0.39 is 11.8 Å². The number of pyridine rings is 1. The molecule has 2 aliphatic heterocycles. The summed E-state index contributed by atoms with van der Waals surface area (Å²) in [4.78, 5) is 23.8. The van der Waals surface area contributed by atoms with Crippen LogP contribution in [0.2, 0.25) is 0 Å². The van der Waals surface area contributed by atoms with Crippen molar-refractivity contribution in [1.82, 2.24) is 19.4 Å². The molecular formula is C32H30FN5O5. The number of nitrogens with zero attached hydrogens (tertiary/aromatic N) is 5. The molecule has 2 aromatic carbocycles. The normalized spacial score (nSPS) is 22.5. The number of piperidine rings is 1. The van der Waals surface area contributed by atoms with E-state index in [1.807, 2.05) is 18.2 Å². The maximum Gasteiger partial charge on any atom is 0.335 e. The Morgan fingerprint density at radius 1 is 1.19 bits per heavy atom. The summed E-state index contributed by atoms with van der Waals surface area (Å²) in [6.45, 7) is 3.83. The van der Waals surface area contributed by atoms with E-state index in [-0.39, 0.29) is 23.8 Å². The van der Waals surface area contributed by atoms with E-state index in [0.717, 1.165) is 43.2 Å². The molecule has 220 valence electrons. The highest BCUT2D eigenvalue weighted by atomic mass is 19.1. The average molecular weight is 584 g/mol. The molecule has 1 saturated carbocycles. The van der Waals surface area contributed by atoms with Gasteiger partial charge in [0.2, 0.25) is 5.88 Å². The van der Waals surface area contributed by atoms with Gasteiger partial charge in [-0.25, -0.2) is 19.2 Å². The average Bonchev–Trinajstić information content (AvgIpc) is 3.30. The maximum atomic E-state index is 14.3. The Morgan fingerprint density at radius 2 is 2.00 bits per heavy atom. The molecule has 10 nitrogen and oxygen atoms in total. The fraction of sp³-hybridized carbons (Fsp3) is 0.375. The van der Waals surface area contributed by atoms with Crippen LogP contribution >= 0.6 is 0 Å². The number of imidazole rings is 1. The molecule has 1 N–H and O–H groups in total. The summed E-state index contributed by atoms with van der Waals surface area (Å²) in [5.74, 6) is 1.57. The Kier molecular flexibility index (Phi) is 6.95. The van der Waals surface area contributed by atoms with Crippen molar-refractivity contribution >= 4 is 17.0 Å². The fourth-order valence-corrected chi connectivity index (χ4v) is 6.44. The monoisotopic (exact) mass is 583 g/mol. The summed E-state index contributed by atoms with van der Waals surface area (Å²) >= 11 is 0. The molecule has 0 amide bonds. The zero-order chi connectivity index (χ0) is 29.7. The zero-order valence-corrected chi connectivity index (χ0v) is 23.6. The van der Waals surface area contributed by atoms with Gasteiger partial charge in [0.25, 0.3) is 0 Å². The largest absolute Gasteiger partial charge is 0.494 e. The lowest BCUT2D eigenvalue weighted by molar-refractivity contribution is -0.0591. The number of rotatable bonds is 10. The number of fused-ring (bicyclic) bond motifs is 2. The van der Waals surface area contributed by atoms with E-state index in [4.69, 9.17) is 29.4 Å². The molecule has 4 atom stereocenters. The first-order chi connectivity index (χ1) is 20.9. The highest BCUT2D eigenvalue weighted by molar-refractivity contribution is 5.95. The molecule has 43 heavy (non-hydrogen) atoms. The van der Waals surface area contributed by atoms with Gasteiger partial charge in [-0.2, -0.15) is 5.26 Å². The molecule has 7 rings (SSSR count). The van der Waals surface area contributed by atoms with Gasteiger partial charge in [0, 0.05) is 42.9 Å². The minimum atomic E-state index is -1.01. The van der Waals surface area contributed by atoms with Crippen LogP contribution in [0, 0.1) is 29.0 Å². The van der Waals surface area contributed by atoms with Crippen LogP contribution in [-0.4, -0.2) is 63.4 Å². The van der Waals surface area contributed by atoms with Gasteiger partial charge in [-0.3, -0.25) is 4.90 Å². The SMILES string of the molecule is COc1cc(C(=O)O)cc2c1nc(CN1C[C@@H]3C(c4cccc(OCc5ccc(C#N)cc5F)n4)[C@@H]3C1)n2C[C@@H]1CCO1. The Balaban J connectivity index is 1.04. The van der Waals surface area contributed by atoms with Crippen LogP contribution in [0.3, 0.4) is 0 Å². The lowest BCUT2D eigenvalue weighted by Crippen LogP contribution is -2.33. The number of aromatic carboxylic acids is 1. The van der Waals surface area contributed by atoms with Gasteiger partial charge in [-0.15, -0.1) is 0 Å². The number of carbonyl (C=O) groups is 1. The Morgan fingerprint density at radius 3 is 2.67 bits per heavy atom. The van der Waals surface area contributed by atoms with Crippen molar-refractivity contribution in [3.8, 4) is 17.7 Å². The van der Waals surface area contributed by atoms with Crippen LogP contribution in [0.5, 0.6) is 11.6 Å². The Labute approximate surface area is 247 Å². The summed E-state index contributed by atoms with van der Waals surface area (Å²) in [7, 11) is 1.53. The topological polar surface area (TPSA) is 123 Å². The van der Waals surface area contributed by atoms with E-state index >= 15 is 0 Å². The second-order valence-electron chi connectivity index (χ2n) is 11.4. The highest BCUT2D eigenvalue weighted by Crippen LogP contribution is 2.58. The van der Waals surface area contributed by atoms with Gasteiger partial charge < -0.3 is 23.9 Å². The molecule has 2 saturated heterocycles. The number of likely N-dealkylation sites (tertiary alicyclic amines) is 1. The van der Waals surface area contributed by atoms with Gasteiger partial charge in [0.1, 0.15) is 29.5 Å². The number of carboxylic acid groups (broad SMARTS) is 1. The summed E-state index contributed by atoms with van der Waals surface area (Å²) in [5, 5.41) is 18.6. The molecule has 2 aromatic heterocycles. The molecule has 11 heteroatoms. The van der Waals surface area contributed by atoms with Gasteiger partial charge in [0.15, 0.2) is 0 Å². The second-order valence-corrected chi connectivity index (χ2v) is 11.4. The number of nitriles is 1. The lowest BCUT2D eigenvalue weighted by atomic mass is 10.1. The smallest absolute Gasteiger partial charge is 0.335 e. The second kappa shape index (κ2) is 10.9. The van der Waals surface area contributed by atoms with Crippen molar-refractivity contribution in [2.45, 2.75) is 38.1 Å². The first kappa shape index (κ1) is 27.3. The van der Waals surface area contributed by atoms with Gasteiger partial charge >= 0.3 is 5.97 Å². The van der Waals surface area contributed by atoms with Gasteiger partial charge in [-0.05, 0) is 48.6 Å². The first-order valence-corrected chi connectivity index (χ1v) is 14.3. The molecule has 4 heterocycles. The van der Waals surface area contributed by atoms with Crippen LogP contribution in [0.1, 0.15) is 45.3 Å². The minimum absolute atomic E-state index is 0.0327. The summed E-state index contributed by atoms with van der Waals surface area (Å²) in [5.41, 5.74) is 3.19. The summed E-state index contributed by atoms with van der Waals surface area (Å²) in [6.07, 6.45) is 1.05. The number of carboxylic acids is 1. The van der Waals surface area contributed by atoms with Crippen LogP contribution in [-0.2, 0) is 24.4 Å². The predicted octanol–water partition coefficient (Wildman–Crippen LogP) is 4.36. The lowest BCUT2D eigenvalue weighted by Gasteiger charge is -2.28. The Bertz CT molecular complexity index is 1750. The van der Waals surface area contributed by atoms with Gasteiger partial charge in [-0.1, -0.05) is 12.1 Å². The van der Waals surface area contributed by atoms with Crippen LogP contribution in [0.15, 0.2) is 48.5 Å². The molecule has 0 bridgehead atoms. The number of ether oxygens (including phenoxy) is 3. The van der Waals surface area contributed by atoms with Crippen molar-refractivity contribution < 1.29 is 28.5 Å². The van der Waals surface area contributed by atoms with Gasteiger partial charge in [0.05, 0.1) is 49.0 Å².